The highest BCUT2D eigenvalue weighted by Crippen LogP contribution is 2.21. The SMILES string of the molecule is CCOC(=O)CCCCc1ccc(Oc2ccc(Cl)cn2)cc1. The first kappa shape index (κ1) is 17.3. The highest BCUT2D eigenvalue weighted by atomic mass is 35.5. The number of unbranched alkanes of at least 4 members (excludes halogenated alkanes) is 1. The standard InChI is InChI=1S/C18H20ClNO3/c1-2-22-18(21)6-4-3-5-14-7-10-16(11-8-14)23-17-12-9-15(19)13-20-17/h7-13H,2-6H2,1H3. The molecule has 122 valence electrons. The quantitative estimate of drug-likeness (QED) is 0.514. The van der Waals surface area contributed by atoms with E-state index in [0.29, 0.717) is 23.9 Å². The van der Waals surface area contributed by atoms with E-state index < -0.39 is 0 Å². The molecule has 0 spiro atoms. The molecule has 0 saturated carbocycles. The predicted molar refractivity (Wildman–Crippen MR) is 90.0 cm³/mol. The molecule has 0 N–H and O–H groups in total. The van der Waals surface area contributed by atoms with Crippen molar-refractivity contribution in [2.24, 2.45) is 0 Å². The molecule has 0 fully saturated rings. The molecule has 2 aromatic rings. The van der Waals surface area contributed by atoms with Crippen LogP contribution >= 0.6 is 11.6 Å². The molecule has 0 aliphatic heterocycles. The normalized spacial score (nSPS) is 10.3. The first-order valence-corrected chi connectivity index (χ1v) is 8.09. The van der Waals surface area contributed by atoms with Crippen LogP contribution in [-0.4, -0.2) is 17.6 Å². The summed E-state index contributed by atoms with van der Waals surface area (Å²) < 4.78 is 10.5. The minimum absolute atomic E-state index is 0.119. The highest BCUT2D eigenvalue weighted by molar-refractivity contribution is 6.30. The van der Waals surface area contributed by atoms with Crippen molar-refractivity contribution in [1.82, 2.24) is 4.98 Å². The summed E-state index contributed by atoms with van der Waals surface area (Å²) in [4.78, 5) is 15.3. The van der Waals surface area contributed by atoms with Crippen LogP contribution in [0.15, 0.2) is 42.6 Å². The first-order valence-electron chi connectivity index (χ1n) is 7.71. The lowest BCUT2D eigenvalue weighted by molar-refractivity contribution is -0.143. The smallest absolute Gasteiger partial charge is 0.305 e. The number of carbonyl (C=O) groups excluding carboxylic acids is 1. The Morgan fingerprint density at radius 3 is 2.57 bits per heavy atom. The van der Waals surface area contributed by atoms with Crippen LogP contribution in [0.2, 0.25) is 5.02 Å². The van der Waals surface area contributed by atoms with E-state index in [1.807, 2.05) is 31.2 Å². The van der Waals surface area contributed by atoms with Gasteiger partial charge in [0.25, 0.3) is 0 Å². The summed E-state index contributed by atoms with van der Waals surface area (Å²) >= 11 is 5.79. The Kier molecular flexibility index (Phi) is 6.88. The van der Waals surface area contributed by atoms with E-state index in [-0.39, 0.29) is 5.97 Å². The Labute approximate surface area is 141 Å². The molecule has 4 nitrogen and oxygen atoms in total. The summed E-state index contributed by atoms with van der Waals surface area (Å²) in [6.45, 7) is 2.27. The van der Waals surface area contributed by atoms with Crippen LogP contribution in [0.4, 0.5) is 0 Å². The molecular formula is C18H20ClNO3. The number of halogens is 1. The molecule has 1 aromatic heterocycles. The fourth-order valence-electron chi connectivity index (χ4n) is 2.10. The van der Waals surface area contributed by atoms with Gasteiger partial charge >= 0.3 is 5.97 Å². The number of benzene rings is 1. The number of esters is 1. The second-order valence-corrected chi connectivity index (χ2v) is 5.51. The van der Waals surface area contributed by atoms with E-state index in [4.69, 9.17) is 21.1 Å². The molecule has 1 aromatic carbocycles. The third-order valence-corrected chi connectivity index (χ3v) is 3.47. The van der Waals surface area contributed by atoms with Crippen LogP contribution in [0.1, 0.15) is 31.7 Å². The van der Waals surface area contributed by atoms with E-state index in [0.717, 1.165) is 25.0 Å². The van der Waals surface area contributed by atoms with Crippen LogP contribution in [0.25, 0.3) is 0 Å². The summed E-state index contributed by atoms with van der Waals surface area (Å²) in [6, 6.07) is 11.3. The number of hydrogen-bond acceptors (Lipinski definition) is 4. The van der Waals surface area contributed by atoms with E-state index in [1.165, 1.54) is 5.56 Å². The lowest BCUT2D eigenvalue weighted by Crippen LogP contribution is -2.03. The molecule has 0 saturated heterocycles. The molecule has 1 heterocycles. The monoisotopic (exact) mass is 333 g/mol. The van der Waals surface area contributed by atoms with Gasteiger partial charge in [-0.1, -0.05) is 23.7 Å². The summed E-state index contributed by atoms with van der Waals surface area (Å²) in [5, 5.41) is 0.579. The minimum Gasteiger partial charge on any atom is -0.466 e. The van der Waals surface area contributed by atoms with Gasteiger partial charge in [-0.25, -0.2) is 4.98 Å². The lowest BCUT2D eigenvalue weighted by Gasteiger charge is -2.06. The zero-order valence-corrected chi connectivity index (χ0v) is 13.9. The number of aryl methyl sites for hydroxylation is 1. The van der Waals surface area contributed by atoms with Crippen LogP contribution < -0.4 is 4.74 Å². The average Bonchev–Trinajstić information content (AvgIpc) is 2.55. The van der Waals surface area contributed by atoms with Gasteiger partial charge in [0.1, 0.15) is 5.75 Å². The van der Waals surface area contributed by atoms with Crippen molar-refractivity contribution in [1.29, 1.82) is 0 Å². The Hall–Kier alpha value is -2.07. The summed E-state index contributed by atoms with van der Waals surface area (Å²) in [5.41, 5.74) is 1.21. The molecule has 5 heteroatoms. The zero-order chi connectivity index (χ0) is 16.5. The van der Waals surface area contributed by atoms with Gasteiger partial charge < -0.3 is 9.47 Å². The molecule has 0 bridgehead atoms. The Morgan fingerprint density at radius 1 is 1.13 bits per heavy atom. The van der Waals surface area contributed by atoms with Gasteiger partial charge in [-0.15, -0.1) is 0 Å². The maximum atomic E-state index is 11.2. The summed E-state index contributed by atoms with van der Waals surface area (Å²) in [7, 11) is 0. The Morgan fingerprint density at radius 2 is 1.91 bits per heavy atom. The fourth-order valence-corrected chi connectivity index (χ4v) is 2.21. The topological polar surface area (TPSA) is 48.4 Å². The highest BCUT2D eigenvalue weighted by Gasteiger charge is 2.02. The van der Waals surface area contributed by atoms with Crippen molar-refractivity contribution in [2.75, 3.05) is 6.61 Å². The zero-order valence-electron chi connectivity index (χ0n) is 13.1. The van der Waals surface area contributed by atoms with Gasteiger partial charge in [0.05, 0.1) is 11.6 Å². The molecule has 0 unspecified atom stereocenters. The van der Waals surface area contributed by atoms with E-state index in [1.54, 1.807) is 18.3 Å². The second-order valence-electron chi connectivity index (χ2n) is 5.07. The molecule has 0 radical (unpaired) electrons. The predicted octanol–water partition coefficient (Wildman–Crippen LogP) is 4.80. The van der Waals surface area contributed by atoms with Gasteiger partial charge in [-0.3, -0.25) is 4.79 Å². The number of rotatable bonds is 8. The van der Waals surface area contributed by atoms with Crippen molar-refractivity contribution in [3.05, 3.63) is 53.2 Å². The molecule has 0 aliphatic rings. The third kappa shape index (κ3) is 6.28. The first-order chi connectivity index (χ1) is 11.2. The van der Waals surface area contributed by atoms with E-state index >= 15 is 0 Å². The van der Waals surface area contributed by atoms with Crippen molar-refractivity contribution in [3.8, 4) is 11.6 Å². The van der Waals surface area contributed by atoms with Crippen molar-refractivity contribution in [3.63, 3.8) is 0 Å². The van der Waals surface area contributed by atoms with E-state index in [9.17, 15) is 4.79 Å². The van der Waals surface area contributed by atoms with Gasteiger partial charge in [-0.2, -0.15) is 0 Å². The van der Waals surface area contributed by atoms with Crippen molar-refractivity contribution >= 4 is 17.6 Å². The maximum Gasteiger partial charge on any atom is 0.305 e. The Balaban J connectivity index is 1.76. The lowest BCUT2D eigenvalue weighted by atomic mass is 10.1. The number of ether oxygens (including phenoxy) is 2. The number of carbonyl (C=O) groups is 1. The van der Waals surface area contributed by atoms with Crippen molar-refractivity contribution in [2.45, 2.75) is 32.6 Å². The summed E-state index contributed by atoms with van der Waals surface area (Å²) in [6.07, 6.45) is 4.76. The average molecular weight is 334 g/mol. The number of aromatic nitrogens is 1. The maximum absolute atomic E-state index is 11.2. The largest absolute Gasteiger partial charge is 0.466 e. The molecule has 0 aliphatic carbocycles. The van der Waals surface area contributed by atoms with Crippen LogP contribution in [-0.2, 0) is 16.0 Å². The van der Waals surface area contributed by atoms with Crippen LogP contribution in [0.5, 0.6) is 11.6 Å². The Bertz CT molecular complexity index is 611. The van der Waals surface area contributed by atoms with Gasteiger partial charge in [0.15, 0.2) is 0 Å². The number of pyridine rings is 1. The fraction of sp³-hybridized carbons (Fsp3) is 0.333. The van der Waals surface area contributed by atoms with Gasteiger partial charge in [0, 0.05) is 18.7 Å². The number of hydrogen-bond donors (Lipinski definition) is 0. The minimum atomic E-state index is -0.119. The second kappa shape index (κ2) is 9.16. The van der Waals surface area contributed by atoms with Gasteiger partial charge in [0.2, 0.25) is 5.88 Å². The third-order valence-electron chi connectivity index (χ3n) is 3.25. The van der Waals surface area contributed by atoms with E-state index in [2.05, 4.69) is 4.98 Å². The van der Waals surface area contributed by atoms with Crippen LogP contribution in [0.3, 0.4) is 0 Å². The molecule has 23 heavy (non-hydrogen) atoms. The molecule has 0 amide bonds. The number of nitrogens with zero attached hydrogens (tertiary/aromatic N) is 1. The van der Waals surface area contributed by atoms with Crippen LogP contribution in [0, 0.1) is 0 Å². The van der Waals surface area contributed by atoms with Crippen molar-refractivity contribution < 1.29 is 14.3 Å². The molecular weight excluding hydrogens is 314 g/mol. The molecule has 0 atom stereocenters. The summed E-state index contributed by atoms with van der Waals surface area (Å²) in [5.74, 6) is 1.12. The molecule has 2 rings (SSSR count). The van der Waals surface area contributed by atoms with Gasteiger partial charge in [-0.05, 0) is 49.9 Å².